The molecule has 1 amide bonds. The van der Waals surface area contributed by atoms with Crippen LogP contribution in [0.25, 0.3) is 11.5 Å². The quantitative estimate of drug-likeness (QED) is 0.526. The summed E-state index contributed by atoms with van der Waals surface area (Å²) in [6.45, 7) is 1.28. The summed E-state index contributed by atoms with van der Waals surface area (Å²) < 4.78 is 67.2. The van der Waals surface area contributed by atoms with Gasteiger partial charge in [-0.1, -0.05) is 0 Å². The molecule has 1 aromatic heterocycles. The molecule has 0 unspecified atom stereocenters. The highest BCUT2D eigenvalue weighted by Gasteiger charge is 2.35. The molecule has 36 heavy (non-hydrogen) atoms. The van der Waals surface area contributed by atoms with Crippen molar-refractivity contribution in [2.75, 3.05) is 32.5 Å². The lowest BCUT2D eigenvalue weighted by atomic mass is 10.1. The standard InChI is InChI=1S/C23H30F2N4O6S/c1-13-11-28(8-9-29(13)36(3,31)32)22(30)19-20(14(2)26)35-21(27-19)16-6-7-17(34-23(24)25)18(10-16)33-12-15-4-5-15/h6-7,10,13-15,23H,4-5,8-9,11-12,26H2,1-3H3/t13-,14+/m1/s1. The number of alkyl halides is 2. The predicted octanol–water partition coefficient (Wildman–Crippen LogP) is 2.86. The fourth-order valence-electron chi connectivity index (χ4n) is 4.12. The number of carbonyl (C=O) groups excluding carboxylic acids is 1. The number of nitrogens with two attached hydrogens (primary N) is 1. The number of nitrogens with zero attached hydrogens (tertiary/aromatic N) is 3. The summed E-state index contributed by atoms with van der Waals surface area (Å²) in [5.41, 5.74) is 6.48. The minimum absolute atomic E-state index is 0.0216. The van der Waals surface area contributed by atoms with Gasteiger partial charge in [-0.25, -0.2) is 13.4 Å². The van der Waals surface area contributed by atoms with E-state index in [1.54, 1.807) is 13.8 Å². The number of sulfonamides is 1. The maximum absolute atomic E-state index is 13.4. The van der Waals surface area contributed by atoms with E-state index in [1.165, 1.54) is 27.4 Å². The van der Waals surface area contributed by atoms with Crippen LogP contribution >= 0.6 is 0 Å². The van der Waals surface area contributed by atoms with Crippen LogP contribution in [-0.4, -0.2) is 73.7 Å². The first kappa shape index (κ1) is 26.3. The molecule has 1 saturated heterocycles. The summed E-state index contributed by atoms with van der Waals surface area (Å²) in [6.07, 6.45) is 3.18. The molecule has 2 aromatic rings. The van der Waals surface area contributed by atoms with Gasteiger partial charge < -0.3 is 24.5 Å². The van der Waals surface area contributed by atoms with E-state index >= 15 is 0 Å². The van der Waals surface area contributed by atoms with Crippen LogP contribution in [0.4, 0.5) is 8.78 Å². The maximum atomic E-state index is 13.4. The Balaban J connectivity index is 1.61. The molecule has 4 rings (SSSR count). The lowest BCUT2D eigenvalue weighted by molar-refractivity contribution is -0.0515. The average molecular weight is 529 g/mol. The molecular formula is C23H30F2N4O6S. The Labute approximate surface area is 208 Å². The second kappa shape index (κ2) is 10.3. The molecule has 2 N–H and O–H groups in total. The Kier molecular flexibility index (Phi) is 7.53. The fourth-order valence-corrected chi connectivity index (χ4v) is 5.26. The number of hydrogen-bond donors (Lipinski definition) is 1. The SMILES string of the molecule is C[C@H](N)c1oc(-c2ccc(OC(F)F)c(OCC3CC3)c2)nc1C(=O)N1CCN(S(C)(=O)=O)[C@H](C)C1. The van der Waals surface area contributed by atoms with Crippen molar-refractivity contribution >= 4 is 15.9 Å². The highest BCUT2D eigenvalue weighted by atomic mass is 32.2. The Morgan fingerprint density at radius 2 is 2.00 bits per heavy atom. The molecule has 2 fully saturated rings. The number of ether oxygens (including phenoxy) is 2. The zero-order valence-corrected chi connectivity index (χ0v) is 21.1. The molecule has 0 spiro atoms. The first-order valence-corrected chi connectivity index (χ1v) is 13.5. The molecule has 0 bridgehead atoms. The number of oxazole rings is 1. The zero-order chi connectivity index (χ0) is 26.2. The maximum Gasteiger partial charge on any atom is 0.387 e. The first-order valence-electron chi connectivity index (χ1n) is 11.7. The topological polar surface area (TPSA) is 128 Å². The van der Waals surface area contributed by atoms with Crippen LogP contribution < -0.4 is 15.2 Å². The first-order chi connectivity index (χ1) is 16.9. The average Bonchev–Trinajstić information content (AvgIpc) is 3.51. The Morgan fingerprint density at radius 3 is 2.58 bits per heavy atom. The van der Waals surface area contributed by atoms with Crippen molar-refractivity contribution in [2.24, 2.45) is 11.7 Å². The Morgan fingerprint density at radius 1 is 1.28 bits per heavy atom. The number of carbonyl (C=O) groups is 1. The van der Waals surface area contributed by atoms with Gasteiger partial charge in [-0.15, -0.1) is 0 Å². The van der Waals surface area contributed by atoms with Crippen molar-refractivity contribution in [2.45, 2.75) is 45.4 Å². The largest absolute Gasteiger partial charge is 0.489 e. The van der Waals surface area contributed by atoms with Crippen LogP contribution in [-0.2, 0) is 10.0 Å². The van der Waals surface area contributed by atoms with E-state index in [-0.39, 0.29) is 48.5 Å². The monoisotopic (exact) mass is 528 g/mol. The third-order valence-electron chi connectivity index (χ3n) is 6.13. The van der Waals surface area contributed by atoms with Crippen molar-refractivity contribution in [3.8, 4) is 23.0 Å². The molecule has 198 valence electrons. The van der Waals surface area contributed by atoms with Gasteiger partial charge in [-0.05, 0) is 50.8 Å². The summed E-state index contributed by atoms with van der Waals surface area (Å²) in [5.74, 6) is 0.213. The van der Waals surface area contributed by atoms with E-state index in [9.17, 15) is 22.0 Å². The lowest BCUT2D eigenvalue weighted by Crippen LogP contribution is -2.55. The molecule has 1 aliphatic carbocycles. The molecule has 2 aliphatic rings. The third kappa shape index (κ3) is 5.95. The van der Waals surface area contributed by atoms with Gasteiger partial charge in [0.1, 0.15) is 0 Å². The van der Waals surface area contributed by atoms with Gasteiger partial charge in [-0.3, -0.25) is 4.79 Å². The Hall–Kier alpha value is -2.77. The van der Waals surface area contributed by atoms with Crippen LogP contribution in [0, 0.1) is 5.92 Å². The predicted molar refractivity (Wildman–Crippen MR) is 126 cm³/mol. The second-order valence-electron chi connectivity index (χ2n) is 9.29. The van der Waals surface area contributed by atoms with Gasteiger partial charge in [0.15, 0.2) is 23.0 Å². The molecule has 2 heterocycles. The van der Waals surface area contributed by atoms with Gasteiger partial charge in [0.25, 0.3) is 5.91 Å². The van der Waals surface area contributed by atoms with Gasteiger partial charge >= 0.3 is 6.61 Å². The molecule has 1 aromatic carbocycles. The molecule has 1 saturated carbocycles. The van der Waals surface area contributed by atoms with Crippen LogP contribution in [0.5, 0.6) is 11.5 Å². The van der Waals surface area contributed by atoms with E-state index in [0.29, 0.717) is 18.1 Å². The number of aromatic nitrogens is 1. The zero-order valence-electron chi connectivity index (χ0n) is 20.3. The van der Waals surface area contributed by atoms with Crippen LogP contribution in [0.15, 0.2) is 22.6 Å². The van der Waals surface area contributed by atoms with E-state index < -0.39 is 34.6 Å². The fraction of sp³-hybridized carbons (Fsp3) is 0.565. The van der Waals surface area contributed by atoms with Gasteiger partial charge in [0, 0.05) is 31.2 Å². The van der Waals surface area contributed by atoms with Crippen molar-refractivity contribution in [3.63, 3.8) is 0 Å². The minimum Gasteiger partial charge on any atom is -0.489 e. The number of benzene rings is 1. The van der Waals surface area contributed by atoms with Crippen LogP contribution in [0.2, 0.25) is 0 Å². The highest BCUT2D eigenvalue weighted by molar-refractivity contribution is 7.88. The molecular weight excluding hydrogens is 498 g/mol. The second-order valence-corrected chi connectivity index (χ2v) is 11.2. The van der Waals surface area contributed by atoms with E-state index in [1.807, 2.05) is 0 Å². The minimum atomic E-state index is -3.39. The number of halogens is 2. The Bertz CT molecular complexity index is 1220. The number of hydrogen-bond acceptors (Lipinski definition) is 8. The van der Waals surface area contributed by atoms with Crippen molar-refractivity contribution in [1.82, 2.24) is 14.2 Å². The summed E-state index contributed by atoms with van der Waals surface area (Å²) >= 11 is 0. The van der Waals surface area contributed by atoms with Crippen molar-refractivity contribution < 1.29 is 35.9 Å². The van der Waals surface area contributed by atoms with Crippen molar-refractivity contribution in [3.05, 3.63) is 29.7 Å². The van der Waals surface area contributed by atoms with Gasteiger partial charge in [0.2, 0.25) is 15.9 Å². The number of amides is 1. The summed E-state index contributed by atoms with van der Waals surface area (Å²) in [6, 6.07) is 3.24. The number of piperazine rings is 1. The smallest absolute Gasteiger partial charge is 0.387 e. The van der Waals surface area contributed by atoms with Crippen LogP contribution in [0.1, 0.15) is 49.0 Å². The lowest BCUT2D eigenvalue weighted by Gasteiger charge is -2.38. The van der Waals surface area contributed by atoms with Gasteiger partial charge in [-0.2, -0.15) is 13.1 Å². The van der Waals surface area contributed by atoms with E-state index in [2.05, 4.69) is 9.72 Å². The highest BCUT2D eigenvalue weighted by Crippen LogP contribution is 2.37. The van der Waals surface area contributed by atoms with Gasteiger partial charge in [0.05, 0.1) is 18.9 Å². The molecule has 0 radical (unpaired) electrons. The number of rotatable bonds is 9. The third-order valence-corrected chi connectivity index (χ3v) is 7.52. The molecule has 1 aliphatic heterocycles. The summed E-state index contributed by atoms with van der Waals surface area (Å²) in [4.78, 5) is 19.3. The summed E-state index contributed by atoms with van der Waals surface area (Å²) in [5, 5.41) is 0. The van der Waals surface area contributed by atoms with Crippen LogP contribution in [0.3, 0.4) is 0 Å². The molecule has 13 heteroatoms. The normalized spacial score (nSPS) is 20.0. The van der Waals surface area contributed by atoms with Crippen molar-refractivity contribution in [1.29, 1.82) is 0 Å². The summed E-state index contributed by atoms with van der Waals surface area (Å²) in [7, 11) is -3.39. The molecule has 10 nitrogen and oxygen atoms in total. The molecule has 2 atom stereocenters. The van der Waals surface area contributed by atoms with E-state index in [0.717, 1.165) is 19.1 Å². The van der Waals surface area contributed by atoms with E-state index in [4.69, 9.17) is 14.9 Å².